The number of benzene rings is 3. The van der Waals surface area contributed by atoms with E-state index in [2.05, 4.69) is 0 Å². The predicted octanol–water partition coefficient (Wildman–Crippen LogP) is 6.77. The summed E-state index contributed by atoms with van der Waals surface area (Å²) in [7, 11) is 0. The van der Waals surface area contributed by atoms with Gasteiger partial charge in [-0.15, -0.1) is 11.3 Å². The van der Waals surface area contributed by atoms with Gasteiger partial charge in [-0.25, -0.2) is 0 Å². The number of para-hydroxylation sites is 1. The molecule has 0 spiro atoms. The van der Waals surface area contributed by atoms with Crippen molar-refractivity contribution in [1.29, 1.82) is 0 Å². The Morgan fingerprint density at radius 2 is 1.57 bits per heavy atom. The minimum Gasteiger partial charge on any atom is -0.289 e. The number of nitrogens with zero attached hydrogens (tertiary/aromatic N) is 1. The van der Waals surface area contributed by atoms with Gasteiger partial charge in [-0.3, -0.25) is 14.5 Å². The second-order valence-corrected chi connectivity index (χ2v) is 9.07. The molecule has 0 fully saturated rings. The Labute approximate surface area is 187 Å². The number of anilines is 2. The Morgan fingerprint density at radius 3 is 2.30 bits per heavy atom. The maximum Gasteiger partial charge on any atom is 0.233 e. The van der Waals surface area contributed by atoms with Gasteiger partial charge in [0.05, 0.1) is 0 Å². The number of rotatable bonds is 2. The lowest BCUT2D eigenvalue weighted by Crippen LogP contribution is -2.35. The summed E-state index contributed by atoms with van der Waals surface area (Å²) >= 11 is 13.7. The van der Waals surface area contributed by atoms with Gasteiger partial charge in [0.2, 0.25) is 5.91 Å². The molecule has 1 aromatic heterocycles. The summed E-state index contributed by atoms with van der Waals surface area (Å²) in [4.78, 5) is 28.6. The van der Waals surface area contributed by atoms with Gasteiger partial charge in [-0.05, 0) is 48.0 Å². The van der Waals surface area contributed by atoms with E-state index < -0.39 is 0 Å². The van der Waals surface area contributed by atoms with Crippen LogP contribution >= 0.6 is 34.5 Å². The molecule has 3 nitrogen and oxygen atoms in total. The van der Waals surface area contributed by atoms with E-state index in [-0.39, 0.29) is 23.7 Å². The summed E-state index contributed by atoms with van der Waals surface area (Å²) < 4.78 is 0.761. The van der Waals surface area contributed by atoms with Crippen molar-refractivity contribution in [3.8, 4) is 0 Å². The Balaban J connectivity index is 1.82. The summed E-state index contributed by atoms with van der Waals surface area (Å²) in [5.74, 6) is -0.376. The van der Waals surface area contributed by atoms with Crippen LogP contribution in [0.15, 0.2) is 77.6 Å². The van der Waals surface area contributed by atoms with E-state index in [0.29, 0.717) is 26.0 Å². The molecule has 1 atom stereocenters. The van der Waals surface area contributed by atoms with Crippen LogP contribution in [0.3, 0.4) is 0 Å². The van der Waals surface area contributed by atoms with Crippen molar-refractivity contribution in [3.05, 3.63) is 104 Å². The maximum atomic E-state index is 13.6. The van der Waals surface area contributed by atoms with E-state index in [0.717, 1.165) is 16.0 Å². The second kappa shape index (κ2) is 7.55. The highest BCUT2D eigenvalue weighted by Gasteiger charge is 2.36. The summed E-state index contributed by atoms with van der Waals surface area (Å²) in [5, 5.41) is 2.44. The molecule has 0 aliphatic carbocycles. The molecular weight excluding hydrogens is 437 g/mol. The molecule has 148 valence electrons. The Morgan fingerprint density at radius 1 is 0.867 bits per heavy atom. The Kier molecular flexibility index (Phi) is 4.86. The van der Waals surface area contributed by atoms with Crippen LogP contribution in [0.4, 0.5) is 10.7 Å². The third-order valence-electron chi connectivity index (χ3n) is 5.34. The van der Waals surface area contributed by atoms with Crippen molar-refractivity contribution in [2.24, 2.45) is 0 Å². The number of fused-ring (bicyclic) bond motifs is 2. The highest BCUT2D eigenvalue weighted by molar-refractivity contribution is 7.22. The number of amides is 1. The van der Waals surface area contributed by atoms with Crippen LogP contribution < -0.4 is 10.3 Å². The lowest BCUT2D eigenvalue weighted by molar-refractivity contribution is -0.118. The molecule has 6 heteroatoms. The summed E-state index contributed by atoms with van der Waals surface area (Å²) in [6.45, 7) is 0. The van der Waals surface area contributed by atoms with Crippen molar-refractivity contribution < 1.29 is 4.79 Å². The molecule has 1 unspecified atom stereocenters. The van der Waals surface area contributed by atoms with Crippen molar-refractivity contribution in [2.75, 3.05) is 4.90 Å². The smallest absolute Gasteiger partial charge is 0.233 e. The fourth-order valence-corrected chi connectivity index (χ4v) is 5.61. The van der Waals surface area contributed by atoms with Gasteiger partial charge in [-0.1, -0.05) is 53.5 Å². The zero-order chi connectivity index (χ0) is 20.8. The standard InChI is InChI=1S/C24H15Cl2NO2S/c25-15-8-6-14(7-9-15)19-13-21(28)27(17-4-2-1-3-5-17)24-22(19)23(29)18-11-10-16(26)12-20(18)30-24/h1-12,19H,13H2. The first kappa shape index (κ1) is 19.3. The van der Waals surface area contributed by atoms with Crippen LogP contribution in [-0.2, 0) is 4.79 Å². The highest BCUT2D eigenvalue weighted by atomic mass is 35.5. The number of carbonyl (C=O) groups excluding carboxylic acids is 1. The predicted molar refractivity (Wildman–Crippen MR) is 125 cm³/mol. The first-order valence-corrected chi connectivity index (χ1v) is 11.0. The zero-order valence-corrected chi connectivity index (χ0v) is 18.0. The van der Waals surface area contributed by atoms with Gasteiger partial charge in [0.1, 0.15) is 5.00 Å². The summed E-state index contributed by atoms with van der Waals surface area (Å²) in [5.41, 5.74) is 2.22. The van der Waals surface area contributed by atoms with E-state index in [1.165, 1.54) is 11.3 Å². The third-order valence-corrected chi connectivity index (χ3v) is 6.98. The molecule has 1 aliphatic rings. The lowest BCUT2D eigenvalue weighted by atomic mass is 9.85. The van der Waals surface area contributed by atoms with Gasteiger partial charge >= 0.3 is 0 Å². The van der Waals surface area contributed by atoms with Crippen molar-refractivity contribution >= 4 is 61.2 Å². The number of halogens is 2. The Bertz CT molecular complexity index is 1330. The van der Waals surface area contributed by atoms with Gasteiger partial charge in [0.25, 0.3) is 0 Å². The average Bonchev–Trinajstić information content (AvgIpc) is 2.74. The topological polar surface area (TPSA) is 37.4 Å². The van der Waals surface area contributed by atoms with Gasteiger partial charge in [0, 0.05) is 43.7 Å². The van der Waals surface area contributed by atoms with E-state index in [9.17, 15) is 9.59 Å². The van der Waals surface area contributed by atoms with Crippen LogP contribution in [0.2, 0.25) is 10.0 Å². The minimum atomic E-state index is -0.325. The summed E-state index contributed by atoms with van der Waals surface area (Å²) in [6.07, 6.45) is 0.213. The SMILES string of the molecule is O=C1CC(c2ccc(Cl)cc2)c2c(sc3cc(Cl)ccc3c2=O)N1c1ccccc1. The third kappa shape index (κ3) is 3.21. The number of carbonyl (C=O) groups is 1. The maximum absolute atomic E-state index is 13.6. The largest absolute Gasteiger partial charge is 0.289 e. The molecule has 1 aliphatic heterocycles. The normalized spacial score (nSPS) is 16.0. The van der Waals surface area contributed by atoms with Crippen molar-refractivity contribution in [3.63, 3.8) is 0 Å². The zero-order valence-electron chi connectivity index (χ0n) is 15.6. The van der Waals surface area contributed by atoms with E-state index in [1.54, 1.807) is 35.2 Å². The molecule has 0 radical (unpaired) electrons. The quantitative estimate of drug-likeness (QED) is 0.337. The van der Waals surface area contributed by atoms with Gasteiger partial charge in [0.15, 0.2) is 5.43 Å². The highest BCUT2D eigenvalue weighted by Crippen LogP contribution is 2.45. The first-order chi connectivity index (χ1) is 14.5. The van der Waals surface area contributed by atoms with Crippen LogP contribution in [-0.4, -0.2) is 5.91 Å². The monoisotopic (exact) mass is 451 g/mol. The molecule has 0 saturated heterocycles. The second-order valence-electron chi connectivity index (χ2n) is 7.16. The Hall–Kier alpha value is -2.66. The first-order valence-electron chi connectivity index (χ1n) is 9.42. The molecule has 1 amide bonds. The van der Waals surface area contributed by atoms with Crippen molar-refractivity contribution in [1.82, 2.24) is 0 Å². The van der Waals surface area contributed by atoms with Crippen LogP contribution in [0, 0.1) is 0 Å². The fraction of sp³-hybridized carbons (Fsp3) is 0.0833. The molecule has 2 heterocycles. The molecule has 0 N–H and O–H groups in total. The van der Waals surface area contributed by atoms with E-state index in [4.69, 9.17) is 23.2 Å². The molecule has 30 heavy (non-hydrogen) atoms. The molecule has 0 bridgehead atoms. The lowest BCUT2D eigenvalue weighted by Gasteiger charge is -2.33. The minimum absolute atomic E-state index is 0.0503. The van der Waals surface area contributed by atoms with E-state index in [1.807, 2.05) is 42.5 Å². The van der Waals surface area contributed by atoms with Crippen LogP contribution in [0.1, 0.15) is 23.5 Å². The molecule has 3 aromatic carbocycles. The van der Waals surface area contributed by atoms with Crippen molar-refractivity contribution in [2.45, 2.75) is 12.3 Å². The van der Waals surface area contributed by atoms with Crippen LogP contribution in [0.25, 0.3) is 10.1 Å². The molecule has 5 rings (SSSR count). The fourth-order valence-electron chi connectivity index (χ4n) is 3.94. The average molecular weight is 452 g/mol. The van der Waals surface area contributed by atoms with E-state index >= 15 is 0 Å². The van der Waals surface area contributed by atoms with Crippen LogP contribution in [0.5, 0.6) is 0 Å². The summed E-state index contributed by atoms with van der Waals surface area (Å²) in [6, 6.07) is 22.1. The van der Waals surface area contributed by atoms with Gasteiger partial charge < -0.3 is 0 Å². The number of hydrogen-bond acceptors (Lipinski definition) is 3. The molecule has 4 aromatic rings. The van der Waals surface area contributed by atoms with Gasteiger partial charge in [-0.2, -0.15) is 0 Å². The molecular formula is C24H15Cl2NO2S. The number of hydrogen-bond donors (Lipinski definition) is 0. The molecule has 0 saturated carbocycles.